The number of amides is 3. The van der Waals surface area contributed by atoms with Gasteiger partial charge in [-0.1, -0.05) is 74.7 Å². The van der Waals surface area contributed by atoms with E-state index >= 15 is 0 Å². The number of hydrogen-bond donors (Lipinski definition) is 2. The molecule has 214 valence electrons. The van der Waals surface area contributed by atoms with Crippen molar-refractivity contribution >= 4 is 23.6 Å². The van der Waals surface area contributed by atoms with E-state index in [2.05, 4.69) is 10.6 Å². The quantitative estimate of drug-likeness (QED) is 0.350. The van der Waals surface area contributed by atoms with Crippen molar-refractivity contribution in [3.8, 4) is 0 Å². The van der Waals surface area contributed by atoms with E-state index < -0.39 is 23.8 Å². The minimum atomic E-state index is -0.886. The molecule has 7 nitrogen and oxygen atoms in total. The molecule has 0 spiro atoms. The second-order valence-electron chi connectivity index (χ2n) is 11.8. The summed E-state index contributed by atoms with van der Waals surface area (Å²) in [5, 5.41) is 5.90. The maximum Gasteiger partial charge on any atom is 0.408 e. The lowest BCUT2D eigenvalue weighted by atomic mass is 9.96. The molecule has 39 heavy (non-hydrogen) atoms. The molecular weight excluding hydrogens is 490 g/mol. The minimum Gasteiger partial charge on any atom is -0.444 e. The van der Waals surface area contributed by atoms with E-state index in [9.17, 15) is 14.4 Å². The highest BCUT2D eigenvalue weighted by Gasteiger charge is 2.37. The summed E-state index contributed by atoms with van der Waals surface area (Å²) in [6.45, 7) is 19.4. The van der Waals surface area contributed by atoms with Crippen LogP contribution < -0.4 is 10.6 Å². The number of rotatable bonds is 10. The molecule has 3 amide bonds. The number of hydrogen-bond acceptors (Lipinski definition) is 4. The number of nitrogens with one attached hydrogen (secondary N) is 2. The molecule has 0 bridgehead atoms. The number of unbranched alkanes of at least 4 members (excludes halogenated alkanes) is 1. The fraction of sp³-hybridized carbons (Fsp3) is 0.531. The van der Waals surface area contributed by atoms with Crippen molar-refractivity contribution in [3.63, 3.8) is 0 Å². The monoisotopic (exact) mass is 537 g/mol. The number of carbonyl (C=O) groups excluding carboxylic acids is 3. The minimum absolute atomic E-state index is 0.226. The Bertz CT molecular complexity index is 1130. The number of para-hydroxylation sites is 1. The molecule has 0 heterocycles. The van der Waals surface area contributed by atoms with Crippen LogP contribution in [0.1, 0.15) is 88.2 Å². The van der Waals surface area contributed by atoms with Crippen molar-refractivity contribution in [2.24, 2.45) is 5.92 Å². The highest BCUT2D eigenvalue weighted by Crippen LogP contribution is 2.29. The van der Waals surface area contributed by atoms with Crippen LogP contribution in [0.25, 0.3) is 0 Å². The van der Waals surface area contributed by atoms with Gasteiger partial charge in [-0.3, -0.25) is 9.59 Å². The molecule has 2 aromatic carbocycles. The first-order chi connectivity index (χ1) is 18.1. The first-order valence-corrected chi connectivity index (χ1v) is 13.9. The van der Waals surface area contributed by atoms with Gasteiger partial charge in [0.05, 0.1) is 0 Å². The first-order valence-electron chi connectivity index (χ1n) is 13.9. The second kappa shape index (κ2) is 13.6. The number of benzene rings is 2. The number of anilines is 1. The van der Waals surface area contributed by atoms with Crippen LogP contribution in [0.2, 0.25) is 0 Å². The Morgan fingerprint density at radius 1 is 0.949 bits per heavy atom. The first kappa shape index (κ1) is 31.9. The standard InChI is InChI=1S/C32H47N3O4/c1-11-12-16-35(30(37)26(20(2)3)34-31(38)39-32(8,9)10)28(25-18-21(4)17-22(5)19-25)29(36)33-27-23(6)14-13-15-24(27)7/h13-15,17-20,26,28H,11-12,16H2,1-10H3,(H,33,36)(H,34,38). The van der Waals surface area contributed by atoms with Gasteiger partial charge >= 0.3 is 6.09 Å². The van der Waals surface area contributed by atoms with Crippen LogP contribution in [0, 0.1) is 33.6 Å². The largest absolute Gasteiger partial charge is 0.444 e. The molecule has 0 saturated carbocycles. The maximum atomic E-state index is 14.2. The zero-order valence-corrected chi connectivity index (χ0v) is 25.4. The normalized spacial score (nSPS) is 13.0. The lowest BCUT2D eigenvalue weighted by Crippen LogP contribution is -2.54. The SMILES string of the molecule is CCCCN(C(=O)C(NC(=O)OC(C)(C)C)C(C)C)C(C(=O)Nc1c(C)cccc1C)c1cc(C)cc(C)c1. The fourth-order valence-corrected chi connectivity index (χ4v) is 4.67. The summed E-state index contributed by atoms with van der Waals surface area (Å²) in [5.74, 6) is -0.831. The molecule has 7 heteroatoms. The summed E-state index contributed by atoms with van der Waals surface area (Å²) in [6.07, 6.45) is 0.891. The summed E-state index contributed by atoms with van der Waals surface area (Å²) in [7, 11) is 0. The van der Waals surface area contributed by atoms with E-state index in [0.717, 1.165) is 39.9 Å². The molecule has 2 unspecified atom stereocenters. The molecule has 2 N–H and O–H groups in total. The fourth-order valence-electron chi connectivity index (χ4n) is 4.67. The van der Waals surface area contributed by atoms with Gasteiger partial charge in [0.2, 0.25) is 5.91 Å². The Balaban J connectivity index is 2.61. The number of alkyl carbamates (subject to hydrolysis) is 1. The number of nitrogens with zero attached hydrogens (tertiary/aromatic N) is 1. The summed E-state index contributed by atoms with van der Waals surface area (Å²) in [4.78, 5) is 42.7. The van der Waals surface area contributed by atoms with E-state index in [1.54, 1.807) is 25.7 Å². The third-order valence-electron chi connectivity index (χ3n) is 6.49. The van der Waals surface area contributed by atoms with Gasteiger partial charge in [0.15, 0.2) is 0 Å². The molecule has 0 saturated heterocycles. The van der Waals surface area contributed by atoms with Crippen LogP contribution in [-0.2, 0) is 14.3 Å². The Morgan fingerprint density at radius 3 is 2.00 bits per heavy atom. The molecule has 0 aliphatic heterocycles. The van der Waals surface area contributed by atoms with Crippen molar-refractivity contribution in [1.29, 1.82) is 0 Å². The third-order valence-corrected chi connectivity index (χ3v) is 6.49. The number of aryl methyl sites for hydroxylation is 4. The van der Waals surface area contributed by atoms with Gasteiger partial charge in [-0.25, -0.2) is 4.79 Å². The molecule has 0 aromatic heterocycles. The van der Waals surface area contributed by atoms with E-state index in [1.165, 1.54) is 0 Å². The van der Waals surface area contributed by atoms with Gasteiger partial charge in [0, 0.05) is 12.2 Å². The van der Waals surface area contributed by atoms with E-state index in [-0.39, 0.29) is 17.7 Å². The van der Waals surface area contributed by atoms with Crippen LogP contribution in [0.3, 0.4) is 0 Å². The molecule has 0 radical (unpaired) electrons. The smallest absolute Gasteiger partial charge is 0.408 e. The predicted molar refractivity (Wildman–Crippen MR) is 158 cm³/mol. The Labute approximate surface area is 234 Å². The summed E-state index contributed by atoms with van der Waals surface area (Å²) in [6, 6.07) is 10.1. The zero-order chi connectivity index (χ0) is 29.5. The van der Waals surface area contributed by atoms with Crippen LogP contribution in [-0.4, -0.2) is 41.0 Å². The molecular formula is C32H47N3O4. The van der Waals surface area contributed by atoms with Gasteiger partial charge in [-0.15, -0.1) is 0 Å². The zero-order valence-electron chi connectivity index (χ0n) is 25.4. The number of carbonyl (C=O) groups is 3. The summed E-state index contributed by atoms with van der Waals surface area (Å²) in [5.41, 5.74) is 4.67. The van der Waals surface area contributed by atoms with Gasteiger partial charge in [-0.2, -0.15) is 0 Å². The Morgan fingerprint density at radius 2 is 1.51 bits per heavy atom. The van der Waals surface area contributed by atoms with Gasteiger partial charge < -0.3 is 20.3 Å². The van der Waals surface area contributed by atoms with Crippen molar-refractivity contribution in [1.82, 2.24) is 10.2 Å². The summed E-state index contributed by atoms with van der Waals surface area (Å²) < 4.78 is 5.46. The highest BCUT2D eigenvalue weighted by atomic mass is 16.6. The Kier molecular flexibility index (Phi) is 11.1. The van der Waals surface area contributed by atoms with Gasteiger partial charge in [-0.05, 0) is 77.5 Å². The average molecular weight is 538 g/mol. The Hall–Kier alpha value is -3.35. The molecule has 0 aliphatic rings. The molecule has 0 fully saturated rings. The van der Waals surface area contributed by atoms with Crippen molar-refractivity contribution in [3.05, 3.63) is 64.2 Å². The van der Waals surface area contributed by atoms with Gasteiger partial charge in [0.25, 0.3) is 5.91 Å². The lowest BCUT2D eigenvalue weighted by Gasteiger charge is -2.36. The molecule has 0 aliphatic carbocycles. The molecule has 2 atom stereocenters. The van der Waals surface area contributed by atoms with Crippen molar-refractivity contribution in [2.75, 3.05) is 11.9 Å². The van der Waals surface area contributed by atoms with E-state index in [0.29, 0.717) is 13.0 Å². The summed E-state index contributed by atoms with van der Waals surface area (Å²) >= 11 is 0. The van der Waals surface area contributed by atoms with Crippen LogP contribution >= 0.6 is 0 Å². The van der Waals surface area contributed by atoms with Crippen LogP contribution in [0.5, 0.6) is 0 Å². The number of ether oxygens (including phenoxy) is 1. The predicted octanol–water partition coefficient (Wildman–Crippen LogP) is 6.78. The van der Waals surface area contributed by atoms with Gasteiger partial charge in [0.1, 0.15) is 17.7 Å². The second-order valence-corrected chi connectivity index (χ2v) is 11.8. The van der Waals surface area contributed by atoms with E-state index in [1.807, 2.05) is 84.9 Å². The van der Waals surface area contributed by atoms with Crippen LogP contribution in [0.15, 0.2) is 36.4 Å². The van der Waals surface area contributed by atoms with E-state index in [4.69, 9.17) is 4.74 Å². The van der Waals surface area contributed by atoms with Crippen molar-refractivity contribution in [2.45, 2.75) is 99.8 Å². The maximum absolute atomic E-state index is 14.2. The lowest BCUT2D eigenvalue weighted by molar-refractivity contribution is -0.141. The topological polar surface area (TPSA) is 87.7 Å². The molecule has 2 rings (SSSR count). The van der Waals surface area contributed by atoms with Crippen LogP contribution in [0.4, 0.5) is 10.5 Å². The third kappa shape index (κ3) is 9.12. The molecule has 2 aromatic rings. The highest BCUT2D eigenvalue weighted by molar-refractivity contribution is 6.00. The van der Waals surface area contributed by atoms with Crippen molar-refractivity contribution < 1.29 is 19.1 Å². The average Bonchev–Trinajstić information content (AvgIpc) is 2.80.